The number of aromatic nitrogens is 2. The molecule has 1 saturated heterocycles. The zero-order valence-corrected chi connectivity index (χ0v) is 15.3. The van der Waals surface area contributed by atoms with Crippen LogP contribution in [-0.2, 0) is 0 Å². The first kappa shape index (κ1) is 18.2. The number of hydrogen-bond donors (Lipinski definition) is 2. The minimum atomic E-state index is -0.489. The number of aromatic amines is 1. The summed E-state index contributed by atoms with van der Waals surface area (Å²) in [5, 5.41) is 21.2. The van der Waals surface area contributed by atoms with Crippen molar-refractivity contribution in [3.05, 3.63) is 58.2 Å². The van der Waals surface area contributed by atoms with Crippen molar-refractivity contribution in [1.82, 2.24) is 20.4 Å². The molecule has 9 nitrogen and oxygen atoms in total. The van der Waals surface area contributed by atoms with Gasteiger partial charge in [0.2, 0.25) is 0 Å². The van der Waals surface area contributed by atoms with E-state index in [2.05, 4.69) is 20.4 Å². The highest BCUT2D eigenvalue weighted by atomic mass is 16.6. The van der Waals surface area contributed by atoms with Crippen LogP contribution >= 0.6 is 0 Å². The smallest absolute Gasteiger partial charge is 0.272 e. The van der Waals surface area contributed by atoms with Crippen molar-refractivity contribution in [3.63, 3.8) is 0 Å². The highest BCUT2D eigenvalue weighted by Gasteiger charge is 2.26. The number of H-pyrrole nitrogens is 1. The lowest BCUT2D eigenvalue weighted by Crippen LogP contribution is -2.40. The number of likely N-dealkylation sites (tertiary alicyclic amines) is 1. The Labute approximate surface area is 160 Å². The van der Waals surface area contributed by atoms with E-state index in [0.717, 1.165) is 31.7 Å². The van der Waals surface area contributed by atoms with Gasteiger partial charge in [-0.15, -0.1) is 0 Å². The number of piperidine rings is 1. The molecule has 3 aromatic rings. The van der Waals surface area contributed by atoms with Gasteiger partial charge in [0, 0.05) is 24.1 Å². The highest BCUT2D eigenvalue weighted by molar-refractivity contribution is 6.05. The highest BCUT2D eigenvalue weighted by Crippen LogP contribution is 2.25. The van der Waals surface area contributed by atoms with Gasteiger partial charge in [0.1, 0.15) is 5.76 Å². The molecular weight excluding hydrogens is 362 g/mol. The SMILES string of the molecule is O=C(NCC(c1ccco1)N1CCCCC1)c1n[nH]c2ccc([N+](=O)[O-])cc12. The number of nitro benzene ring substituents is 1. The second kappa shape index (κ2) is 7.81. The van der Waals surface area contributed by atoms with Gasteiger partial charge in [-0.2, -0.15) is 5.10 Å². The molecule has 1 aliphatic rings. The molecule has 9 heteroatoms. The Kier molecular flexibility index (Phi) is 5.07. The molecule has 1 atom stereocenters. The van der Waals surface area contributed by atoms with Crippen molar-refractivity contribution in [2.75, 3.05) is 19.6 Å². The molecule has 3 heterocycles. The Morgan fingerprint density at radius 1 is 1.32 bits per heavy atom. The molecule has 1 fully saturated rings. The molecule has 2 aromatic heterocycles. The lowest BCUT2D eigenvalue weighted by molar-refractivity contribution is -0.384. The van der Waals surface area contributed by atoms with Gasteiger partial charge in [0.25, 0.3) is 11.6 Å². The summed E-state index contributed by atoms with van der Waals surface area (Å²) < 4.78 is 5.59. The number of nitro groups is 1. The number of hydrogen-bond acceptors (Lipinski definition) is 6. The van der Waals surface area contributed by atoms with Gasteiger partial charge in [-0.25, -0.2) is 0 Å². The van der Waals surface area contributed by atoms with Crippen LogP contribution in [0.3, 0.4) is 0 Å². The summed E-state index contributed by atoms with van der Waals surface area (Å²) in [5.41, 5.74) is 0.648. The van der Waals surface area contributed by atoms with Crippen LogP contribution in [0.5, 0.6) is 0 Å². The van der Waals surface area contributed by atoms with Gasteiger partial charge >= 0.3 is 0 Å². The van der Waals surface area contributed by atoms with Crippen molar-refractivity contribution in [2.24, 2.45) is 0 Å². The topological polar surface area (TPSA) is 117 Å². The van der Waals surface area contributed by atoms with Crippen LogP contribution in [0.4, 0.5) is 5.69 Å². The molecule has 1 unspecified atom stereocenters. The van der Waals surface area contributed by atoms with E-state index >= 15 is 0 Å². The minimum absolute atomic E-state index is 0.0567. The molecule has 1 aliphatic heterocycles. The fourth-order valence-electron chi connectivity index (χ4n) is 3.68. The van der Waals surface area contributed by atoms with E-state index in [4.69, 9.17) is 4.42 Å². The normalized spacial score (nSPS) is 16.1. The van der Waals surface area contributed by atoms with Crippen LogP contribution in [-0.4, -0.2) is 45.6 Å². The minimum Gasteiger partial charge on any atom is -0.468 e. The predicted octanol–water partition coefficient (Wildman–Crippen LogP) is 3.02. The standard InChI is InChI=1S/C19H21N5O4/c25-19(18-14-11-13(24(26)27)6-7-15(14)21-22-18)20-12-16(17-5-4-10-28-17)23-8-2-1-3-9-23/h4-7,10-11,16H,1-3,8-9,12H2,(H,20,25)(H,21,22). The van der Waals surface area contributed by atoms with Crippen molar-refractivity contribution >= 4 is 22.5 Å². The maximum atomic E-state index is 12.7. The van der Waals surface area contributed by atoms with Gasteiger partial charge in [-0.05, 0) is 44.1 Å². The number of nitrogens with zero attached hydrogens (tertiary/aromatic N) is 3. The first-order valence-corrected chi connectivity index (χ1v) is 9.31. The summed E-state index contributed by atoms with van der Waals surface area (Å²) in [4.78, 5) is 25.6. The molecule has 4 rings (SSSR count). The molecule has 0 radical (unpaired) electrons. The third kappa shape index (κ3) is 3.61. The first-order chi connectivity index (χ1) is 13.6. The van der Waals surface area contributed by atoms with Gasteiger partial charge in [0.05, 0.1) is 22.7 Å². The van der Waals surface area contributed by atoms with Crippen molar-refractivity contribution in [1.29, 1.82) is 0 Å². The van der Waals surface area contributed by atoms with Crippen LogP contribution in [0, 0.1) is 10.1 Å². The van der Waals surface area contributed by atoms with Crippen LogP contribution < -0.4 is 5.32 Å². The Balaban J connectivity index is 1.53. The molecule has 2 N–H and O–H groups in total. The van der Waals surface area contributed by atoms with E-state index in [1.165, 1.54) is 18.6 Å². The lowest BCUT2D eigenvalue weighted by Gasteiger charge is -2.33. The van der Waals surface area contributed by atoms with E-state index in [0.29, 0.717) is 17.4 Å². The molecule has 0 aliphatic carbocycles. The van der Waals surface area contributed by atoms with Gasteiger partial charge in [-0.3, -0.25) is 24.9 Å². The number of carbonyl (C=O) groups is 1. The number of furan rings is 1. The van der Waals surface area contributed by atoms with Crippen molar-refractivity contribution < 1.29 is 14.1 Å². The number of carbonyl (C=O) groups excluding carboxylic acids is 1. The van der Waals surface area contributed by atoms with Gasteiger partial charge in [-0.1, -0.05) is 6.42 Å². The van der Waals surface area contributed by atoms with E-state index < -0.39 is 4.92 Å². The lowest BCUT2D eigenvalue weighted by atomic mass is 10.1. The average Bonchev–Trinajstić information content (AvgIpc) is 3.38. The average molecular weight is 383 g/mol. The number of fused-ring (bicyclic) bond motifs is 1. The maximum Gasteiger partial charge on any atom is 0.272 e. The second-order valence-corrected chi connectivity index (χ2v) is 6.90. The Morgan fingerprint density at radius 3 is 2.86 bits per heavy atom. The van der Waals surface area contributed by atoms with Crippen molar-refractivity contribution in [2.45, 2.75) is 25.3 Å². The largest absolute Gasteiger partial charge is 0.468 e. The molecular formula is C19H21N5O4. The van der Waals surface area contributed by atoms with Crippen LogP contribution in [0.2, 0.25) is 0 Å². The summed E-state index contributed by atoms with van der Waals surface area (Å²) in [7, 11) is 0. The summed E-state index contributed by atoms with van der Waals surface area (Å²) >= 11 is 0. The molecule has 28 heavy (non-hydrogen) atoms. The van der Waals surface area contributed by atoms with E-state index in [-0.39, 0.29) is 23.3 Å². The third-order valence-corrected chi connectivity index (χ3v) is 5.13. The third-order valence-electron chi connectivity index (χ3n) is 5.13. The molecule has 146 valence electrons. The molecule has 0 saturated carbocycles. The van der Waals surface area contributed by atoms with E-state index in [9.17, 15) is 14.9 Å². The number of amides is 1. The van der Waals surface area contributed by atoms with Crippen molar-refractivity contribution in [3.8, 4) is 0 Å². The zero-order valence-electron chi connectivity index (χ0n) is 15.3. The Morgan fingerprint density at radius 2 is 2.14 bits per heavy atom. The van der Waals surface area contributed by atoms with Crippen LogP contribution in [0.25, 0.3) is 10.9 Å². The number of rotatable bonds is 6. The van der Waals surface area contributed by atoms with E-state index in [1.54, 1.807) is 12.3 Å². The fourth-order valence-corrected chi connectivity index (χ4v) is 3.68. The quantitative estimate of drug-likeness (QED) is 0.499. The molecule has 1 amide bonds. The van der Waals surface area contributed by atoms with Crippen LogP contribution in [0.1, 0.15) is 41.6 Å². The van der Waals surface area contributed by atoms with Gasteiger partial charge < -0.3 is 9.73 Å². The molecule has 0 spiro atoms. The Hall–Kier alpha value is -3.20. The Bertz CT molecular complexity index is 976. The summed E-state index contributed by atoms with van der Waals surface area (Å²) in [6, 6.07) is 8.00. The number of non-ortho nitro benzene ring substituents is 1. The van der Waals surface area contributed by atoms with Crippen LogP contribution in [0.15, 0.2) is 41.0 Å². The molecule has 1 aromatic carbocycles. The number of nitrogens with one attached hydrogen (secondary N) is 2. The zero-order chi connectivity index (χ0) is 19.5. The summed E-state index contributed by atoms with van der Waals surface area (Å²) in [6.45, 7) is 2.28. The maximum absolute atomic E-state index is 12.7. The predicted molar refractivity (Wildman–Crippen MR) is 102 cm³/mol. The van der Waals surface area contributed by atoms with E-state index in [1.807, 2.05) is 12.1 Å². The summed E-state index contributed by atoms with van der Waals surface area (Å²) in [5.74, 6) is 0.435. The first-order valence-electron chi connectivity index (χ1n) is 9.31. The summed E-state index contributed by atoms with van der Waals surface area (Å²) in [6.07, 6.45) is 5.10. The monoisotopic (exact) mass is 383 g/mol. The van der Waals surface area contributed by atoms with Gasteiger partial charge in [0.15, 0.2) is 5.69 Å². The second-order valence-electron chi connectivity index (χ2n) is 6.90. The fraction of sp³-hybridized carbons (Fsp3) is 0.368. The number of benzene rings is 1. The molecule has 0 bridgehead atoms.